The van der Waals surface area contributed by atoms with Crippen LogP contribution in [0.5, 0.6) is 0 Å². The summed E-state index contributed by atoms with van der Waals surface area (Å²) in [6.07, 6.45) is 3.00. The third-order valence-electron chi connectivity index (χ3n) is 4.42. The maximum atomic E-state index is 13.1. The van der Waals surface area contributed by atoms with Gasteiger partial charge in [-0.2, -0.15) is 0 Å². The number of unbranched alkanes of at least 4 members (excludes halogenated alkanes) is 3. The van der Waals surface area contributed by atoms with Crippen LogP contribution in [0, 0.1) is 5.92 Å². The van der Waals surface area contributed by atoms with E-state index in [1.54, 1.807) is 0 Å². The molecule has 0 aliphatic heterocycles. The van der Waals surface area contributed by atoms with Gasteiger partial charge >= 0.3 is 23.9 Å². The Morgan fingerprint density at radius 2 is 1.23 bits per heavy atom. The second kappa shape index (κ2) is 15.4. The molecule has 0 aromatic rings. The minimum Gasteiger partial charge on any atom is -0.466 e. The van der Waals surface area contributed by atoms with Crippen molar-refractivity contribution >= 4 is 29.7 Å². The van der Waals surface area contributed by atoms with Crippen molar-refractivity contribution in [3.8, 4) is 0 Å². The van der Waals surface area contributed by atoms with E-state index in [-0.39, 0.29) is 19.8 Å². The zero-order valence-corrected chi connectivity index (χ0v) is 19.3. The van der Waals surface area contributed by atoms with Gasteiger partial charge in [-0.05, 0) is 26.2 Å². The van der Waals surface area contributed by atoms with Gasteiger partial charge in [-0.25, -0.2) is 4.79 Å². The molecule has 2 unspecified atom stereocenters. The molecule has 0 N–H and O–H groups in total. The van der Waals surface area contributed by atoms with Crippen molar-refractivity contribution in [3.05, 3.63) is 0 Å². The lowest BCUT2D eigenvalue weighted by Crippen LogP contribution is -2.57. The number of Topliss-reactive ketones (excluding diaryl/α,β-unsaturated/α-hetero) is 1. The number of rotatable bonds is 16. The Hall–Kier alpha value is -2.45. The van der Waals surface area contributed by atoms with E-state index in [0.717, 1.165) is 26.7 Å². The van der Waals surface area contributed by atoms with Crippen molar-refractivity contribution in [1.29, 1.82) is 0 Å². The summed E-state index contributed by atoms with van der Waals surface area (Å²) in [5, 5.41) is 0. The maximum absolute atomic E-state index is 13.1. The van der Waals surface area contributed by atoms with Crippen LogP contribution < -0.4 is 0 Å². The number of carbonyl (C=O) groups is 5. The highest BCUT2D eigenvalue weighted by Crippen LogP contribution is 2.32. The Morgan fingerprint density at radius 3 is 1.68 bits per heavy atom. The quantitative estimate of drug-likeness (QED) is 0.153. The van der Waals surface area contributed by atoms with Crippen LogP contribution >= 0.6 is 0 Å². The Balaban J connectivity index is 6.14. The standard InChI is InChI=1S/C22H36O9/c1-6-9-12-28-18(25)15-22(31-17(5)24,21(27)30-14-11-8-3)19(16(4)23)20(26)29-13-10-7-2/h19H,6-15H2,1-5H3. The molecule has 0 aromatic heterocycles. The molecular formula is C22H36O9. The third-order valence-corrected chi connectivity index (χ3v) is 4.42. The van der Waals surface area contributed by atoms with Crippen LogP contribution in [0.4, 0.5) is 0 Å². The number of hydrogen-bond donors (Lipinski definition) is 0. The van der Waals surface area contributed by atoms with Gasteiger partial charge in [0, 0.05) is 6.92 Å². The van der Waals surface area contributed by atoms with Gasteiger partial charge in [-0.3, -0.25) is 19.2 Å². The molecule has 0 amide bonds. The summed E-state index contributed by atoms with van der Waals surface area (Å²) >= 11 is 0. The molecule has 9 nitrogen and oxygen atoms in total. The highest BCUT2D eigenvalue weighted by molar-refractivity contribution is 6.06. The summed E-state index contributed by atoms with van der Waals surface area (Å²) in [5.41, 5.74) is -2.50. The Kier molecular flexibility index (Phi) is 14.2. The van der Waals surface area contributed by atoms with Crippen LogP contribution in [-0.4, -0.2) is 55.1 Å². The summed E-state index contributed by atoms with van der Waals surface area (Å²) in [4.78, 5) is 62.7. The molecule has 0 bridgehead atoms. The number of carbonyl (C=O) groups excluding carboxylic acids is 5. The number of esters is 4. The zero-order valence-electron chi connectivity index (χ0n) is 19.3. The van der Waals surface area contributed by atoms with Crippen LogP contribution in [0.2, 0.25) is 0 Å². The minimum absolute atomic E-state index is 0.0150. The lowest BCUT2D eigenvalue weighted by atomic mass is 9.81. The van der Waals surface area contributed by atoms with Gasteiger partial charge in [-0.15, -0.1) is 0 Å². The van der Waals surface area contributed by atoms with Crippen molar-refractivity contribution in [1.82, 2.24) is 0 Å². The van der Waals surface area contributed by atoms with Crippen LogP contribution in [0.1, 0.15) is 79.6 Å². The van der Waals surface area contributed by atoms with Gasteiger partial charge in [0.1, 0.15) is 5.78 Å². The molecule has 0 aliphatic rings. The number of ketones is 1. The molecule has 0 rings (SSSR count). The van der Waals surface area contributed by atoms with E-state index in [9.17, 15) is 24.0 Å². The first kappa shape index (κ1) is 28.5. The monoisotopic (exact) mass is 444 g/mol. The minimum atomic E-state index is -2.50. The predicted molar refractivity (Wildman–Crippen MR) is 111 cm³/mol. The summed E-state index contributed by atoms with van der Waals surface area (Å²) < 4.78 is 20.7. The van der Waals surface area contributed by atoms with E-state index < -0.39 is 47.6 Å². The van der Waals surface area contributed by atoms with Crippen molar-refractivity contribution in [3.63, 3.8) is 0 Å². The maximum Gasteiger partial charge on any atom is 0.352 e. The van der Waals surface area contributed by atoms with E-state index in [1.165, 1.54) is 0 Å². The highest BCUT2D eigenvalue weighted by Gasteiger charge is 2.58. The molecule has 178 valence electrons. The van der Waals surface area contributed by atoms with Crippen LogP contribution in [0.15, 0.2) is 0 Å². The molecule has 2 atom stereocenters. The molecule has 9 heteroatoms. The number of ether oxygens (including phenoxy) is 4. The predicted octanol–water partition coefficient (Wildman–Crippen LogP) is 2.91. The molecule has 0 saturated heterocycles. The highest BCUT2D eigenvalue weighted by atomic mass is 16.6. The van der Waals surface area contributed by atoms with Crippen LogP contribution in [-0.2, 0) is 42.9 Å². The van der Waals surface area contributed by atoms with Crippen molar-refractivity contribution in [2.75, 3.05) is 19.8 Å². The summed E-state index contributed by atoms with van der Waals surface area (Å²) in [6, 6.07) is 0. The molecule has 0 spiro atoms. The first-order chi connectivity index (χ1) is 14.7. The van der Waals surface area contributed by atoms with Crippen LogP contribution in [0.3, 0.4) is 0 Å². The molecule has 0 saturated carbocycles. The largest absolute Gasteiger partial charge is 0.466 e. The molecule has 0 heterocycles. The van der Waals surface area contributed by atoms with E-state index in [0.29, 0.717) is 25.7 Å². The van der Waals surface area contributed by atoms with Gasteiger partial charge in [0.15, 0.2) is 5.92 Å². The topological polar surface area (TPSA) is 122 Å². The fourth-order valence-corrected chi connectivity index (χ4v) is 2.80. The fourth-order valence-electron chi connectivity index (χ4n) is 2.80. The molecular weight excluding hydrogens is 408 g/mol. The Bertz CT molecular complexity index is 614. The van der Waals surface area contributed by atoms with E-state index >= 15 is 0 Å². The summed E-state index contributed by atoms with van der Waals surface area (Å²) in [5.74, 6) is -6.72. The van der Waals surface area contributed by atoms with E-state index in [2.05, 4.69) is 0 Å². The molecule has 0 aromatic carbocycles. The Morgan fingerprint density at radius 1 is 0.742 bits per heavy atom. The lowest BCUT2D eigenvalue weighted by Gasteiger charge is -2.34. The second-order valence-corrected chi connectivity index (χ2v) is 7.29. The zero-order chi connectivity index (χ0) is 23.9. The van der Waals surface area contributed by atoms with Crippen molar-refractivity contribution in [2.24, 2.45) is 5.92 Å². The van der Waals surface area contributed by atoms with Gasteiger partial charge in [0.05, 0.1) is 26.2 Å². The third kappa shape index (κ3) is 9.93. The van der Waals surface area contributed by atoms with Gasteiger partial charge < -0.3 is 18.9 Å². The SMILES string of the molecule is CCCCOC(=O)CC(OC(C)=O)(C(=O)OCCCC)C(C(C)=O)C(=O)OCCCC. The summed E-state index contributed by atoms with van der Waals surface area (Å²) in [6.45, 7) is 7.81. The lowest BCUT2D eigenvalue weighted by molar-refractivity contribution is -0.199. The molecule has 0 aliphatic carbocycles. The first-order valence-corrected chi connectivity index (χ1v) is 10.9. The van der Waals surface area contributed by atoms with Gasteiger partial charge in [0.2, 0.25) is 5.60 Å². The van der Waals surface area contributed by atoms with Gasteiger partial charge in [0.25, 0.3) is 0 Å². The average Bonchev–Trinajstić information content (AvgIpc) is 2.67. The van der Waals surface area contributed by atoms with E-state index in [4.69, 9.17) is 18.9 Å². The first-order valence-electron chi connectivity index (χ1n) is 10.9. The van der Waals surface area contributed by atoms with E-state index in [1.807, 2.05) is 20.8 Å². The number of hydrogen-bond acceptors (Lipinski definition) is 9. The van der Waals surface area contributed by atoms with Crippen molar-refractivity contribution < 1.29 is 42.9 Å². The average molecular weight is 445 g/mol. The van der Waals surface area contributed by atoms with Crippen molar-refractivity contribution in [2.45, 2.75) is 85.2 Å². The molecule has 0 fully saturated rings. The van der Waals surface area contributed by atoms with Gasteiger partial charge in [-0.1, -0.05) is 40.0 Å². The molecule has 31 heavy (non-hydrogen) atoms. The second-order valence-electron chi connectivity index (χ2n) is 7.29. The Labute approximate surface area is 184 Å². The summed E-state index contributed by atoms with van der Waals surface area (Å²) in [7, 11) is 0. The van der Waals surface area contributed by atoms with Crippen LogP contribution in [0.25, 0.3) is 0 Å². The smallest absolute Gasteiger partial charge is 0.352 e. The fraction of sp³-hybridized carbons (Fsp3) is 0.773. The normalized spacial score (nSPS) is 13.5. The molecule has 0 radical (unpaired) electrons.